The van der Waals surface area contributed by atoms with Gasteiger partial charge in [0.05, 0.1) is 13.2 Å². The van der Waals surface area contributed by atoms with Gasteiger partial charge in [0.25, 0.3) is 0 Å². The Kier molecular flexibility index (Phi) is 18.3. The van der Waals surface area contributed by atoms with Crippen LogP contribution in [0.5, 0.6) is 5.75 Å². The van der Waals surface area contributed by atoms with Crippen molar-refractivity contribution in [3.8, 4) is 5.75 Å². The van der Waals surface area contributed by atoms with Crippen molar-refractivity contribution in [2.45, 2.75) is 116 Å². The molecule has 5 atom stereocenters. The second-order valence-corrected chi connectivity index (χ2v) is 10.7. The normalized spacial score (nSPS) is 23.0. The Labute approximate surface area is 246 Å². The lowest BCUT2D eigenvalue weighted by Crippen LogP contribution is -2.58. The third kappa shape index (κ3) is 11.0. The van der Waals surface area contributed by atoms with Crippen LogP contribution in [0.4, 0.5) is 0 Å². The monoisotopic (exact) mass is 588 g/mol. The van der Waals surface area contributed by atoms with Crippen LogP contribution >= 0.6 is 11.6 Å². The van der Waals surface area contributed by atoms with E-state index in [1.54, 1.807) is 13.2 Å². The molecule has 0 spiro atoms. The largest absolute Gasteiger partial charge is 0.467 e. The van der Waals surface area contributed by atoms with Gasteiger partial charge in [-0.1, -0.05) is 65.0 Å². The van der Waals surface area contributed by atoms with Gasteiger partial charge >= 0.3 is 0 Å². The van der Waals surface area contributed by atoms with Crippen LogP contribution in [0, 0.1) is 0 Å². The molecule has 8 nitrogen and oxygen atoms in total. The molecule has 1 aliphatic rings. The minimum absolute atomic E-state index is 0.0403. The zero-order chi connectivity index (χ0) is 29.2. The van der Waals surface area contributed by atoms with Crippen molar-refractivity contribution in [1.82, 2.24) is 0 Å². The smallest absolute Gasteiger partial charge is 0.188 e. The molecule has 232 valence electrons. The molecule has 0 aromatic heterocycles. The molecule has 2 rings (SSSR count). The van der Waals surface area contributed by atoms with Crippen LogP contribution < -0.4 is 4.74 Å². The number of halogens is 1. The highest BCUT2D eigenvalue weighted by Gasteiger charge is 2.49. The number of benzene rings is 1. The minimum Gasteiger partial charge on any atom is -0.467 e. The summed E-state index contributed by atoms with van der Waals surface area (Å²) in [6.07, 6.45) is 5.68. The van der Waals surface area contributed by atoms with Crippen LogP contribution in [0.15, 0.2) is 12.1 Å². The summed E-state index contributed by atoms with van der Waals surface area (Å²) in [5.41, 5.74) is 1.31. The third-order valence-electron chi connectivity index (χ3n) is 6.97. The summed E-state index contributed by atoms with van der Waals surface area (Å²) < 4.78 is 43.7. The van der Waals surface area contributed by atoms with Crippen molar-refractivity contribution in [1.29, 1.82) is 0 Å². The lowest BCUT2D eigenvalue weighted by molar-refractivity contribution is -0.268. The van der Waals surface area contributed by atoms with E-state index in [1.165, 1.54) is 0 Å². The molecular weight excluding hydrogens is 536 g/mol. The molecule has 3 unspecified atom stereocenters. The van der Waals surface area contributed by atoms with Gasteiger partial charge in [0.15, 0.2) is 6.79 Å². The second-order valence-electron chi connectivity index (χ2n) is 10.3. The molecule has 0 amide bonds. The van der Waals surface area contributed by atoms with Crippen LogP contribution in [0.1, 0.15) is 96.3 Å². The molecule has 1 N–H and O–H groups in total. The lowest BCUT2D eigenvalue weighted by atomic mass is 9.89. The number of unbranched alkanes of at least 4 members (excludes halogenated alkanes) is 4. The highest BCUT2D eigenvalue weighted by Crippen LogP contribution is 2.42. The third-order valence-corrected chi connectivity index (χ3v) is 7.32. The molecule has 1 aliphatic heterocycles. The van der Waals surface area contributed by atoms with Crippen molar-refractivity contribution < 1.29 is 38.3 Å². The molecule has 1 saturated heterocycles. The highest BCUT2D eigenvalue weighted by atomic mass is 35.5. The fourth-order valence-electron chi connectivity index (χ4n) is 4.62. The maximum absolute atomic E-state index is 10.0. The Morgan fingerprint density at radius 2 is 1.38 bits per heavy atom. The van der Waals surface area contributed by atoms with E-state index in [4.69, 9.17) is 44.8 Å². The summed E-state index contributed by atoms with van der Waals surface area (Å²) in [5.74, 6) is 0.515. The molecule has 1 heterocycles. The molecular formula is C31H53ClO8. The molecule has 1 fully saturated rings. The summed E-state index contributed by atoms with van der Waals surface area (Å²) in [4.78, 5) is 0. The van der Waals surface area contributed by atoms with E-state index in [9.17, 15) is 5.11 Å². The fourth-order valence-corrected chi connectivity index (χ4v) is 4.83. The average molecular weight is 589 g/mol. The molecule has 9 heteroatoms. The van der Waals surface area contributed by atoms with Gasteiger partial charge in [0.1, 0.15) is 36.3 Å². The van der Waals surface area contributed by atoms with Gasteiger partial charge in [0, 0.05) is 44.1 Å². The summed E-state index contributed by atoms with van der Waals surface area (Å²) >= 11 is 6.47. The van der Waals surface area contributed by atoms with Crippen molar-refractivity contribution in [3.63, 3.8) is 0 Å². The van der Waals surface area contributed by atoms with E-state index in [0.29, 0.717) is 49.4 Å². The molecule has 1 aromatic rings. The van der Waals surface area contributed by atoms with E-state index in [2.05, 4.69) is 27.7 Å². The number of aliphatic hydroxyl groups is 1. The molecule has 0 radical (unpaired) electrons. The Hall–Kier alpha value is -0.970. The van der Waals surface area contributed by atoms with Crippen LogP contribution in [0.3, 0.4) is 0 Å². The van der Waals surface area contributed by atoms with E-state index >= 15 is 0 Å². The second kappa shape index (κ2) is 20.8. The van der Waals surface area contributed by atoms with Gasteiger partial charge in [0.2, 0.25) is 0 Å². The highest BCUT2D eigenvalue weighted by molar-refractivity contribution is 6.31. The molecule has 40 heavy (non-hydrogen) atoms. The minimum atomic E-state index is -0.566. The van der Waals surface area contributed by atoms with Crippen molar-refractivity contribution >= 4 is 11.6 Å². The fraction of sp³-hybridized carbons (Fsp3) is 0.806. The number of aliphatic hydroxyl groups excluding tert-OH is 1. The van der Waals surface area contributed by atoms with Crippen LogP contribution in [0.25, 0.3) is 0 Å². The van der Waals surface area contributed by atoms with E-state index in [1.807, 2.05) is 6.07 Å². The summed E-state index contributed by atoms with van der Waals surface area (Å²) in [5, 5.41) is 10.4. The Balaban J connectivity index is 2.57. The van der Waals surface area contributed by atoms with Gasteiger partial charge in [-0.2, -0.15) is 0 Å². The first kappa shape index (κ1) is 35.2. The number of hydrogen-bond acceptors (Lipinski definition) is 8. The van der Waals surface area contributed by atoms with Gasteiger partial charge < -0.3 is 38.3 Å². The average Bonchev–Trinajstić information content (AvgIpc) is 2.96. The summed E-state index contributed by atoms with van der Waals surface area (Å²) in [7, 11) is 1.57. The van der Waals surface area contributed by atoms with Gasteiger partial charge in [-0.15, -0.1) is 0 Å². The van der Waals surface area contributed by atoms with E-state index < -0.39 is 12.2 Å². The first-order chi connectivity index (χ1) is 19.6. The maximum Gasteiger partial charge on any atom is 0.188 e. The number of ether oxygens (including phenoxy) is 7. The predicted molar refractivity (Wildman–Crippen MR) is 157 cm³/mol. The molecule has 0 bridgehead atoms. The summed E-state index contributed by atoms with van der Waals surface area (Å²) in [6.45, 7) is 11.2. The Morgan fingerprint density at radius 3 is 1.95 bits per heavy atom. The summed E-state index contributed by atoms with van der Waals surface area (Å²) in [6, 6.07) is 3.54. The van der Waals surface area contributed by atoms with E-state index in [0.717, 1.165) is 56.9 Å². The Bertz CT molecular complexity index is 795. The van der Waals surface area contributed by atoms with Gasteiger partial charge in [-0.05, 0) is 43.4 Å². The predicted octanol–water partition coefficient (Wildman–Crippen LogP) is 6.63. The SMILES string of the molecule is CCCCOCC1OC(c2cc(CO)c(Cl)cc2OCOC)[C@H](OCCCC)C(OCCCC)[C@@H]1OCCCC. The van der Waals surface area contributed by atoms with Gasteiger partial charge in [-0.3, -0.25) is 0 Å². The standard InChI is InChI=1S/C31H53ClO8/c1-6-10-14-35-21-27-29(36-15-11-7-2)31(38-17-13-9-4)30(37-16-12-8-3)28(40-27)24-18-23(20-33)25(32)19-26(24)39-22-34-5/h18-19,27-31,33H,6-17,20-22H2,1-5H3/t27?,28?,29-,30+,31?/m1/s1. The first-order valence-electron chi connectivity index (χ1n) is 15.2. The zero-order valence-electron chi connectivity index (χ0n) is 25.3. The molecule has 0 aliphatic carbocycles. The van der Waals surface area contributed by atoms with E-state index in [-0.39, 0.29) is 31.7 Å². The number of hydrogen-bond donors (Lipinski definition) is 1. The lowest BCUT2D eigenvalue weighted by Gasteiger charge is -2.46. The van der Waals surface area contributed by atoms with Crippen LogP contribution in [0.2, 0.25) is 5.02 Å². The van der Waals surface area contributed by atoms with Crippen molar-refractivity contribution in [3.05, 3.63) is 28.3 Å². The quantitative estimate of drug-likeness (QED) is 0.119. The van der Waals surface area contributed by atoms with Crippen LogP contribution in [-0.2, 0) is 35.0 Å². The Morgan fingerprint density at radius 1 is 0.800 bits per heavy atom. The number of methoxy groups -OCH3 is 1. The van der Waals surface area contributed by atoms with Crippen LogP contribution in [-0.4, -0.2) is 76.5 Å². The topological polar surface area (TPSA) is 84.8 Å². The number of rotatable bonds is 22. The molecule has 0 saturated carbocycles. The van der Waals surface area contributed by atoms with Crippen molar-refractivity contribution in [2.24, 2.45) is 0 Å². The maximum atomic E-state index is 10.0. The van der Waals surface area contributed by atoms with Gasteiger partial charge in [-0.25, -0.2) is 0 Å². The molecule has 1 aromatic carbocycles. The first-order valence-corrected chi connectivity index (χ1v) is 15.6. The van der Waals surface area contributed by atoms with Crippen molar-refractivity contribution in [2.75, 3.05) is 46.9 Å². The zero-order valence-corrected chi connectivity index (χ0v) is 26.1.